The molecule has 1 heterocycles. The molecule has 2 heteroatoms. The third-order valence-corrected chi connectivity index (χ3v) is 2.74. The Morgan fingerprint density at radius 3 is 2.62 bits per heavy atom. The normalized spacial score (nSPS) is 10.7. The minimum Gasteiger partial charge on any atom is -0.244 e. The fraction of sp³-hybridized carbons (Fsp3) is 0.182. The summed E-state index contributed by atoms with van der Waals surface area (Å²) in [5, 5.41) is 2.81. The van der Waals surface area contributed by atoms with Crippen LogP contribution < -0.4 is 0 Å². The van der Waals surface area contributed by atoms with Crippen LogP contribution >= 0.6 is 11.6 Å². The first kappa shape index (κ1) is 8.52. The second-order valence-corrected chi connectivity index (χ2v) is 3.56. The molecule has 1 nitrogen and oxygen atoms in total. The van der Waals surface area contributed by atoms with Crippen LogP contribution in [0.2, 0.25) is 5.15 Å². The SMILES string of the molecule is Cc1ccc2c(Cl)nccc2c1C. The van der Waals surface area contributed by atoms with Gasteiger partial charge in [0.25, 0.3) is 0 Å². The number of aryl methyl sites for hydroxylation is 2. The van der Waals surface area contributed by atoms with E-state index < -0.39 is 0 Å². The molecule has 0 aliphatic rings. The molecule has 0 saturated carbocycles. The fourth-order valence-electron chi connectivity index (χ4n) is 1.48. The van der Waals surface area contributed by atoms with E-state index in [0.717, 1.165) is 5.39 Å². The first-order chi connectivity index (χ1) is 6.20. The molecule has 0 saturated heterocycles. The number of rotatable bonds is 0. The molecule has 2 rings (SSSR count). The van der Waals surface area contributed by atoms with Gasteiger partial charge in [-0.3, -0.25) is 0 Å². The molecular weight excluding hydrogens is 182 g/mol. The van der Waals surface area contributed by atoms with Crippen molar-refractivity contribution in [3.63, 3.8) is 0 Å². The zero-order chi connectivity index (χ0) is 9.42. The Balaban J connectivity index is 2.94. The molecule has 1 aromatic heterocycles. The van der Waals surface area contributed by atoms with Crippen LogP contribution in [0.4, 0.5) is 0 Å². The predicted molar refractivity (Wildman–Crippen MR) is 56.2 cm³/mol. The van der Waals surface area contributed by atoms with Crippen LogP contribution in [0, 0.1) is 13.8 Å². The molecule has 0 unspecified atom stereocenters. The van der Waals surface area contributed by atoms with Crippen molar-refractivity contribution < 1.29 is 0 Å². The Bertz CT molecular complexity index is 463. The molecule has 0 bridgehead atoms. The first-order valence-corrected chi connectivity index (χ1v) is 4.58. The Morgan fingerprint density at radius 1 is 1.08 bits per heavy atom. The van der Waals surface area contributed by atoms with E-state index in [0.29, 0.717) is 5.15 Å². The number of hydrogen-bond acceptors (Lipinski definition) is 1. The quantitative estimate of drug-likeness (QED) is 0.581. The zero-order valence-corrected chi connectivity index (χ0v) is 8.39. The molecule has 13 heavy (non-hydrogen) atoms. The lowest BCUT2D eigenvalue weighted by molar-refractivity contribution is 1.33. The molecule has 0 atom stereocenters. The van der Waals surface area contributed by atoms with E-state index in [-0.39, 0.29) is 0 Å². The molecule has 1 aromatic carbocycles. The van der Waals surface area contributed by atoms with E-state index in [1.165, 1.54) is 16.5 Å². The number of hydrogen-bond donors (Lipinski definition) is 0. The Hall–Kier alpha value is -1.08. The summed E-state index contributed by atoms with van der Waals surface area (Å²) in [7, 11) is 0. The minimum absolute atomic E-state index is 0.584. The molecule has 0 N–H and O–H groups in total. The van der Waals surface area contributed by atoms with Crippen LogP contribution in [0.15, 0.2) is 24.4 Å². The van der Waals surface area contributed by atoms with Crippen LogP contribution in [-0.2, 0) is 0 Å². The molecule has 66 valence electrons. The highest BCUT2D eigenvalue weighted by atomic mass is 35.5. The van der Waals surface area contributed by atoms with Gasteiger partial charge in [-0.2, -0.15) is 0 Å². The molecular formula is C11H10ClN. The van der Waals surface area contributed by atoms with Gasteiger partial charge >= 0.3 is 0 Å². The van der Waals surface area contributed by atoms with E-state index in [1.54, 1.807) is 6.20 Å². The van der Waals surface area contributed by atoms with E-state index in [2.05, 4.69) is 24.9 Å². The summed E-state index contributed by atoms with van der Waals surface area (Å²) in [5.74, 6) is 0. The van der Waals surface area contributed by atoms with Gasteiger partial charge in [0, 0.05) is 11.6 Å². The van der Waals surface area contributed by atoms with Crippen molar-refractivity contribution in [2.45, 2.75) is 13.8 Å². The molecule has 0 aliphatic carbocycles. The Morgan fingerprint density at radius 2 is 1.85 bits per heavy atom. The van der Waals surface area contributed by atoms with Gasteiger partial charge in [-0.05, 0) is 36.4 Å². The van der Waals surface area contributed by atoms with Gasteiger partial charge in [0.1, 0.15) is 5.15 Å². The Kier molecular flexibility index (Phi) is 1.97. The lowest BCUT2D eigenvalue weighted by atomic mass is 10.0. The second-order valence-electron chi connectivity index (χ2n) is 3.20. The molecule has 0 radical (unpaired) electrons. The van der Waals surface area contributed by atoms with Crippen LogP contribution in [0.25, 0.3) is 10.8 Å². The second kappa shape index (κ2) is 3.00. The summed E-state index contributed by atoms with van der Waals surface area (Å²) in [6, 6.07) is 6.10. The summed E-state index contributed by atoms with van der Waals surface area (Å²) in [5.41, 5.74) is 2.57. The molecule has 0 fully saturated rings. The van der Waals surface area contributed by atoms with Crippen molar-refractivity contribution in [1.29, 1.82) is 0 Å². The molecule has 0 aliphatic heterocycles. The van der Waals surface area contributed by atoms with Crippen LogP contribution in [0.1, 0.15) is 11.1 Å². The maximum atomic E-state index is 5.97. The van der Waals surface area contributed by atoms with Gasteiger partial charge in [-0.1, -0.05) is 23.7 Å². The average Bonchev–Trinajstić information content (AvgIpc) is 2.12. The largest absolute Gasteiger partial charge is 0.244 e. The van der Waals surface area contributed by atoms with Crippen molar-refractivity contribution in [1.82, 2.24) is 4.98 Å². The van der Waals surface area contributed by atoms with E-state index in [4.69, 9.17) is 11.6 Å². The summed E-state index contributed by atoms with van der Waals surface area (Å²) in [6.07, 6.45) is 1.75. The number of pyridine rings is 1. The Labute approximate surface area is 82.4 Å². The van der Waals surface area contributed by atoms with Gasteiger partial charge in [-0.15, -0.1) is 0 Å². The van der Waals surface area contributed by atoms with Gasteiger partial charge in [0.05, 0.1) is 0 Å². The lowest BCUT2D eigenvalue weighted by Gasteiger charge is -2.05. The highest BCUT2D eigenvalue weighted by Crippen LogP contribution is 2.25. The summed E-state index contributed by atoms with van der Waals surface area (Å²) in [4.78, 5) is 4.04. The summed E-state index contributed by atoms with van der Waals surface area (Å²) < 4.78 is 0. The van der Waals surface area contributed by atoms with Crippen molar-refractivity contribution in [2.24, 2.45) is 0 Å². The van der Waals surface area contributed by atoms with Gasteiger partial charge in [0.2, 0.25) is 0 Å². The van der Waals surface area contributed by atoms with Crippen LogP contribution in [0.3, 0.4) is 0 Å². The predicted octanol–water partition coefficient (Wildman–Crippen LogP) is 3.51. The standard InChI is InChI=1S/C11H10ClN/c1-7-3-4-10-9(8(7)2)5-6-13-11(10)12/h3-6H,1-2H3. The number of fused-ring (bicyclic) bond motifs is 1. The van der Waals surface area contributed by atoms with Crippen LogP contribution in [0.5, 0.6) is 0 Å². The maximum absolute atomic E-state index is 5.97. The van der Waals surface area contributed by atoms with Gasteiger partial charge < -0.3 is 0 Å². The first-order valence-electron chi connectivity index (χ1n) is 4.20. The average molecular weight is 192 g/mol. The third-order valence-electron chi connectivity index (χ3n) is 2.44. The van der Waals surface area contributed by atoms with Crippen molar-refractivity contribution in [2.75, 3.05) is 0 Å². The number of halogens is 1. The number of nitrogens with zero attached hydrogens (tertiary/aromatic N) is 1. The fourth-order valence-corrected chi connectivity index (χ4v) is 1.70. The highest BCUT2D eigenvalue weighted by Gasteiger charge is 2.02. The molecule has 0 amide bonds. The minimum atomic E-state index is 0.584. The third kappa shape index (κ3) is 1.29. The van der Waals surface area contributed by atoms with Crippen molar-refractivity contribution in [3.05, 3.63) is 40.7 Å². The van der Waals surface area contributed by atoms with Crippen LogP contribution in [-0.4, -0.2) is 4.98 Å². The topological polar surface area (TPSA) is 12.9 Å². The molecule has 2 aromatic rings. The van der Waals surface area contributed by atoms with Crippen molar-refractivity contribution in [3.8, 4) is 0 Å². The van der Waals surface area contributed by atoms with E-state index in [9.17, 15) is 0 Å². The lowest BCUT2D eigenvalue weighted by Crippen LogP contribution is -1.85. The number of aromatic nitrogens is 1. The highest BCUT2D eigenvalue weighted by molar-refractivity contribution is 6.34. The van der Waals surface area contributed by atoms with E-state index >= 15 is 0 Å². The monoisotopic (exact) mass is 191 g/mol. The molecule has 0 spiro atoms. The van der Waals surface area contributed by atoms with E-state index in [1.807, 2.05) is 12.1 Å². The smallest absolute Gasteiger partial charge is 0.136 e. The summed E-state index contributed by atoms with van der Waals surface area (Å²) in [6.45, 7) is 4.21. The van der Waals surface area contributed by atoms with Crippen molar-refractivity contribution >= 4 is 22.4 Å². The summed E-state index contributed by atoms with van der Waals surface area (Å²) >= 11 is 5.97. The van der Waals surface area contributed by atoms with Gasteiger partial charge in [0.15, 0.2) is 0 Å². The number of benzene rings is 1. The van der Waals surface area contributed by atoms with Gasteiger partial charge in [-0.25, -0.2) is 4.98 Å². The zero-order valence-electron chi connectivity index (χ0n) is 7.63. The maximum Gasteiger partial charge on any atom is 0.136 e.